The van der Waals surface area contributed by atoms with Gasteiger partial charge in [-0.3, -0.25) is 4.79 Å². The smallest absolute Gasteiger partial charge is 0.246 e. The second-order valence-electron chi connectivity index (χ2n) is 4.93. The monoisotopic (exact) mass is 280 g/mol. The number of carbonyl (C=O) groups is 1. The number of hydrogen-bond acceptors (Lipinski definition) is 2. The molecule has 19 heavy (non-hydrogen) atoms. The molecule has 1 unspecified atom stereocenters. The van der Waals surface area contributed by atoms with Crippen LogP contribution in [-0.2, 0) is 4.79 Å². The van der Waals surface area contributed by atoms with E-state index in [9.17, 15) is 4.79 Å². The molecule has 1 aromatic rings. The van der Waals surface area contributed by atoms with Crippen molar-refractivity contribution >= 4 is 24.4 Å². The van der Waals surface area contributed by atoms with E-state index in [1.54, 1.807) is 6.08 Å². The second kappa shape index (κ2) is 7.31. The topological polar surface area (TPSA) is 46.3 Å². The van der Waals surface area contributed by atoms with Crippen LogP contribution in [-0.4, -0.2) is 29.9 Å². The second-order valence-corrected chi connectivity index (χ2v) is 4.93. The maximum absolute atomic E-state index is 12.0. The lowest BCUT2D eigenvalue weighted by atomic mass is 10.1. The molecular weight excluding hydrogens is 260 g/mol. The van der Waals surface area contributed by atoms with Gasteiger partial charge in [0, 0.05) is 25.2 Å². The predicted molar refractivity (Wildman–Crippen MR) is 81.3 cm³/mol. The molecule has 3 nitrogen and oxygen atoms in total. The van der Waals surface area contributed by atoms with Crippen LogP contribution in [0.15, 0.2) is 30.3 Å². The number of carbonyl (C=O) groups excluding carboxylic acids is 1. The van der Waals surface area contributed by atoms with Crippen molar-refractivity contribution in [3.05, 3.63) is 41.5 Å². The van der Waals surface area contributed by atoms with Crippen molar-refractivity contribution in [2.45, 2.75) is 25.8 Å². The third kappa shape index (κ3) is 4.69. The van der Waals surface area contributed by atoms with Crippen LogP contribution in [0.5, 0.6) is 0 Å². The maximum atomic E-state index is 12.0. The molecule has 2 rings (SSSR count). The number of nitrogens with two attached hydrogens (primary N) is 1. The molecule has 1 fully saturated rings. The molecule has 2 N–H and O–H groups in total. The van der Waals surface area contributed by atoms with Gasteiger partial charge in [-0.2, -0.15) is 0 Å². The van der Waals surface area contributed by atoms with E-state index >= 15 is 0 Å². The summed E-state index contributed by atoms with van der Waals surface area (Å²) < 4.78 is 0. The van der Waals surface area contributed by atoms with Crippen LogP contribution < -0.4 is 5.73 Å². The average molecular weight is 281 g/mol. The van der Waals surface area contributed by atoms with Gasteiger partial charge in [-0.1, -0.05) is 29.8 Å². The lowest BCUT2D eigenvalue weighted by molar-refractivity contribution is -0.127. The molecule has 104 valence electrons. The van der Waals surface area contributed by atoms with Gasteiger partial charge in [0.1, 0.15) is 0 Å². The predicted octanol–water partition coefficient (Wildman–Crippen LogP) is 2.38. The summed E-state index contributed by atoms with van der Waals surface area (Å²) in [7, 11) is 0. The first-order valence-electron chi connectivity index (χ1n) is 6.44. The van der Waals surface area contributed by atoms with Crippen LogP contribution in [0, 0.1) is 6.92 Å². The molecule has 1 aliphatic heterocycles. The van der Waals surface area contributed by atoms with E-state index in [1.165, 1.54) is 5.56 Å². The summed E-state index contributed by atoms with van der Waals surface area (Å²) in [5.74, 6) is 0.0617. The highest BCUT2D eigenvalue weighted by Crippen LogP contribution is 2.10. The molecule has 1 heterocycles. The van der Waals surface area contributed by atoms with E-state index in [4.69, 9.17) is 5.73 Å². The Morgan fingerprint density at radius 3 is 2.95 bits per heavy atom. The zero-order valence-corrected chi connectivity index (χ0v) is 12.0. The Bertz CT molecular complexity index is 459. The number of likely N-dealkylation sites (tertiary alicyclic amines) is 1. The van der Waals surface area contributed by atoms with Crippen molar-refractivity contribution < 1.29 is 4.79 Å². The molecule has 1 atom stereocenters. The summed E-state index contributed by atoms with van der Waals surface area (Å²) in [4.78, 5) is 13.8. The first kappa shape index (κ1) is 15.7. The van der Waals surface area contributed by atoms with E-state index in [-0.39, 0.29) is 24.4 Å². The summed E-state index contributed by atoms with van der Waals surface area (Å²) in [6.45, 7) is 3.55. The molecule has 1 aromatic carbocycles. The number of benzene rings is 1. The van der Waals surface area contributed by atoms with E-state index in [0.29, 0.717) is 6.54 Å². The van der Waals surface area contributed by atoms with E-state index < -0.39 is 0 Å². The van der Waals surface area contributed by atoms with Crippen molar-refractivity contribution in [2.24, 2.45) is 5.73 Å². The van der Waals surface area contributed by atoms with Crippen LogP contribution in [0.2, 0.25) is 0 Å². The molecule has 0 aromatic heterocycles. The van der Waals surface area contributed by atoms with E-state index in [2.05, 4.69) is 6.07 Å². The number of piperidine rings is 1. The van der Waals surface area contributed by atoms with Crippen LogP contribution in [0.4, 0.5) is 0 Å². The highest BCUT2D eigenvalue weighted by molar-refractivity contribution is 5.91. The van der Waals surface area contributed by atoms with Crippen molar-refractivity contribution in [3.63, 3.8) is 0 Å². The normalized spacial score (nSPS) is 19.3. The Kier molecular flexibility index (Phi) is 6.06. The molecule has 0 bridgehead atoms. The van der Waals surface area contributed by atoms with Crippen LogP contribution in [0.1, 0.15) is 24.0 Å². The van der Waals surface area contributed by atoms with Crippen LogP contribution in [0.3, 0.4) is 0 Å². The number of aryl methyl sites for hydroxylation is 1. The Morgan fingerprint density at radius 1 is 1.47 bits per heavy atom. The van der Waals surface area contributed by atoms with Gasteiger partial charge in [0.25, 0.3) is 0 Å². The fourth-order valence-corrected chi connectivity index (χ4v) is 2.26. The lowest BCUT2D eigenvalue weighted by Gasteiger charge is -2.29. The SMILES string of the molecule is Cc1cccc(C=CC(=O)N2CCCC(N)C2)c1.Cl. The minimum Gasteiger partial charge on any atom is -0.338 e. The van der Waals surface area contributed by atoms with Gasteiger partial charge in [0.2, 0.25) is 5.91 Å². The third-order valence-electron chi connectivity index (χ3n) is 3.23. The molecule has 0 aliphatic carbocycles. The average Bonchev–Trinajstić information content (AvgIpc) is 2.36. The summed E-state index contributed by atoms with van der Waals surface area (Å²) >= 11 is 0. The zero-order valence-electron chi connectivity index (χ0n) is 11.2. The fourth-order valence-electron chi connectivity index (χ4n) is 2.26. The van der Waals surface area contributed by atoms with Gasteiger partial charge in [-0.25, -0.2) is 0 Å². The molecule has 1 saturated heterocycles. The fraction of sp³-hybridized carbons (Fsp3) is 0.400. The minimum atomic E-state index is 0. The molecule has 0 saturated carbocycles. The summed E-state index contributed by atoms with van der Waals surface area (Å²) in [5, 5.41) is 0. The van der Waals surface area contributed by atoms with Gasteiger partial charge < -0.3 is 10.6 Å². The molecular formula is C15H21ClN2O. The third-order valence-corrected chi connectivity index (χ3v) is 3.23. The summed E-state index contributed by atoms with van der Waals surface area (Å²) in [6.07, 6.45) is 5.54. The molecule has 0 radical (unpaired) electrons. The Morgan fingerprint density at radius 2 is 2.26 bits per heavy atom. The summed E-state index contributed by atoms with van der Waals surface area (Å²) in [6, 6.07) is 8.24. The first-order chi connectivity index (χ1) is 8.65. The highest BCUT2D eigenvalue weighted by Gasteiger charge is 2.19. The number of hydrogen-bond donors (Lipinski definition) is 1. The Balaban J connectivity index is 0.00000180. The molecule has 1 amide bonds. The summed E-state index contributed by atoms with van der Waals surface area (Å²) in [5.41, 5.74) is 8.13. The first-order valence-corrected chi connectivity index (χ1v) is 6.44. The van der Waals surface area contributed by atoms with Gasteiger partial charge in [0.15, 0.2) is 0 Å². The van der Waals surface area contributed by atoms with Gasteiger partial charge in [0.05, 0.1) is 0 Å². The van der Waals surface area contributed by atoms with Crippen molar-refractivity contribution in [1.82, 2.24) is 4.90 Å². The standard InChI is InChI=1S/C15H20N2O.ClH/c1-12-4-2-5-13(10-12)7-8-15(18)17-9-3-6-14(16)11-17;/h2,4-5,7-8,10,14H,3,6,9,11,16H2,1H3;1H. The molecule has 0 spiro atoms. The number of halogens is 1. The minimum absolute atomic E-state index is 0. The number of nitrogens with zero attached hydrogens (tertiary/aromatic N) is 1. The van der Waals surface area contributed by atoms with Crippen LogP contribution in [0.25, 0.3) is 6.08 Å². The van der Waals surface area contributed by atoms with Crippen LogP contribution >= 0.6 is 12.4 Å². The Hall–Kier alpha value is -1.32. The van der Waals surface area contributed by atoms with E-state index in [1.807, 2.05) is 36.1 Å². The zero-order chi connectivity index (χ0) is 13.0. The number of amides is 1. The van der Waals surface area contributed by atoms with Gasteiger partial charge >= 0.3 is 0 Å². The maximum Gasteiger partial charge on any atom is 0.246 e. The van der Waals surface area contributed by atoms with E-state index in [0.717, 1.165) is 24.9 Å². The molecule has 4 heteroatoms. The van der Waals surface area contributed by atoms with Crippen molar-refractivity contribution in [3.8, 4) is 0 Å². The van der Waals surface area contributed by atoms with Gasteiger partial charge in [-0.15, -0.1) is 12.4 Å². The van der Waals surface area contributed by atoms with Crippen molar-refractivity contribution in [1.29, 1.82) is 0 Å². The largest absolute Gasteiger partial charge is 0.338 e. The number of rotatable bonds is 2. The quantitative estimate of drug-likeness (QED) is 0.846. The Labute approximate surface area is 120 Å². The van der Waals surface area contributed by atoms with Gasteiger partial charge in [-0.05, 0) is 31.4 Å². The van der Waals surface area contributed by atoms with Crippen molar-refractivity contribution in [2.75, 3.05) is 13.1 Å². The molecule has 1 aliphatic rings. The highest BCUT2D eigenvalue weighted by atomic mass is 35.5. The lowest BCUT2D eigenvalue weighted by Crippen LogP contribution is -2.45.